The number of carbonyl (C=O) groups is 3. The van der Waals surface area contributed by atoms with Crippen LogP contribution in [0.25, 0.3) is 16.8 Å². The highest BCUT2D eigenvalue weighted by molar-refractivity contribution is 6.39. The Bertz CT molecular complexity index is 1870. The predicted octanol–water partition coefficient (Wildman–Crippen LogP) is 7.32. The number of fused-ring (bicyclic) bond motifs is 1. The Kier molecular flexibility index (Phi) is 7.89. The summed E-state index contributed by atoms with van der Waals surface area (Å²) in [5, 5.41) is 4.59. The van der Waals surface area contributed by atoms with Gasteiger partial charge < -0.3 is 9.47 Å². The van der Waals surface area contributed by atoms with Gasteiger partial charge in [0.1, 0.15) is 30.3 Å². The summed E-state index contributed by atoms with van der Waals surface area (Å²) in [6, 6.07) is 34.0. The molecule has 1 aliphatic rings. The average molecular weight is 589 g/mol. The van der Waals surface area contributed by atoms with Crippen LogP contribution in [0.2, 0.25) is 5.02 Å². The summed E-state index contributed by atoms with van der Waals surface area (Å²) >= 11 is 6.21. The number of anilines is 1. The second kappa shape index (κ2) is 12.2. The SMILES string of the molecule is O=C1NC(=O)N(c2ccc(OCc3ccccc3Cl)cc2)C(=O)/C1=C/c1c(OCc2ccccc2)ccc2ccccc12. The number of urea groups is 1. The second-order valence-electron chi connectivity index (χ2n) is 9.80. The fraction of sp³-hybridized carbons (Fsp3) is 0.0571. The van der Waals surface area contributed by atoms with Gasteiger partial charge in [-0.05, 0) is 58.8 Å². The van der Waals surface area contributed by atoms with Crippen LogP contribution in [0.5, 0.6) is 11.5 Å². The Morgan fingerprint density at radius 1 is 0.721 bits per heavy atom. The summed E-state index contributed by atoms with van der Waals surface area (Å²) in [6.45, 7) is 0.550. The molecule has 1 N–H and O–H groups in total. The first-order valence-corrected chi connectivity index (χ1v) is 13.9. The van der Waals surface area contributed by atoms with Crippen LogP contribution in [0.1, 0.15) is 16.7 Å². The van der Waals surface area contributed by atoms with Crippen molar-refractivity contribution < 1.29 is 23.9 Å². The number of ether oxygens (including phenoxy) is 2. The summed E-state index contributed by atoms with van der Waals surface area (Å²) in [5.74, 6) is -0.510. The molecule has 5 aromatic carbocycles. The molecule has 0 saturated carbocycles. The summed E-state index contributed by atoms with van der Waals surface area (Å²) in [7, 11) is 0. The maximum Gasteiger partial charge on any atom is 0.335 e. The largest absolute Gasteiger partial charge is 0.489 e. The number of imide groups is 2. The van der Waals surface area contributed by atoms with Crippen LogP contribution in [0.15, 0.2) is 121 Å². The molecule has 0 radical (unpaired) electrons. The molecule has 1 heterocycles. The number of nitrogens with zero attached hydrogens (tertiary/aromatic N) is 1. The second-order valence-corrected chi connectivity index (χ2v) is 10.2. The van der Waals surface area contributed by atoms with E-state index in [-0.39, 0.29) is 17.9 Å². The lowest BCUT2D eigenvalue weighted by Gasteiger charge is -2.26. The minimum absolute atomic E-state index is 0.195. The molecule has 212 valence electrons. The third kappa shape index (κ3) is 5.98. The van der Waals surface area contributed by atoms with Gasteiger partial charge in [0.05, 0.1) is 5.69 Å². The lowest BCUT2D eigenvalue weighted by Crippen LogP contribution is -2.54. The highest BCUT2D eigenvalue weighted by atomic mass is 35.5. The van der Waals surface area contributed by atoms with Crippen LogP contribution in [0, 0.1) is 0 Å². The number of hydrogen-bond acceptors (Lipinski definition) is 5. The van der Waals surface area contributed by atoms with Gasteiger partial charge in [-0.15, -0.1) is 0 Å². The maximum atomic E-state index is 13.7. The molecule has 0 bridgehead atoms. The van der Waals surface area contributed by atoms with Gasteiger partial charge in [-0.3, -0.25) is 14.9 Å². The number of amides is 4. The lowest BCUT2D eigenvalue weighted by atomic mass is 9.99. The molecular formula is C35H25ClN2O5. The van der Waals surface area contributed by atoms with Crippen molar-refractivity contribution in [2.24, 2.45) is 0 Å². The zero-order chi connectivity index (χ0) is 29.8. The van der Waals surface area contributed by atoms with Gasteiger partial charge in [-0.1, -0.05) is 90.5 Å². The summed E-state index contributed by atoms with van der Waals surface area (Å²) in [6.07, 6.45) is 1.49. The standard InChI is InChI=1S/C35H25ClN2O5/c36-31-13-7-5-11-25(31)22-42-27-17-15-26(16-18-27)38-34(40)30(33(39)37-35(38)41)20-29-28-12-6-4-10-24(28)14-19-32(29)43-21-23-8-2-1-3-9-23/h1-20H,21-22H2,(H,37,39,41)/b30-20+. The Morgan fingerprint density at radius 2 is 1.44 bits per heavy atom. The molecule has 0 spiro atoms. The molecule has 1 saturated heterocycles. The average Bonchev–Trinajstić information content (AvgIpc) is 3.03. The summed E-state index contributed by atoms with van der Waals surface area (Å²) in [5.41, 5.74) is 2.44. The van der Waals surface area contributed by atoms with Crippen molar-refractivity contribution in [1.82, 2.24) is 5.32 Å². The van der Waals surface area contributed by atoms with Crippen LogP contribution in [0.4, 0.5) is 10.5 Å². The van der Waals surface area contributed by atoms with E-state index in [1.165, 1.54) is 6.08 Å². The van der Waals surface area contributed by atoms with E-state index in [1.54, 1.807) is 30.3 Å². The number of hydrogen-bond donors (Lipinski definition) is 1. The van der Waals surface area contributed by atoms with Crippen molar-refractivity contribution >= 4 is 52.0 Å². The Morgan fingerprint density at radius 3 is 2.23 bits per heavy atom. The number of barbiturate groups is 1. The van der Waals surface area contributed by atoms with E-state index in [2.05, 4.69) is 5.32 Å². The molecule has 1 aliphatic heterocycles. The summed E-state index contributed by atoms with van der Waals surface area (Å²) < 4.78 is 12.0. The van der Waals surface area contributed by atoms with Gasteiger partial charge in [-0.2, -0.15) is 0 Å². The van der Waals surface area contributed by atoms with Gasteiger partial charge >= 0.3 is 6.03 Å². The van der Waals surface area contributed by atoms with Gasteiger partial charge in [0.25, 0.3) is 11.8 Å². The first-order valence-electron chi connectivity index (χ1n) is 13.5. The van der Waals surface area contributed by atoms with Gasteiger partial charge in [0.15, 0.2) is 0 Å². The molecule has 4 amide bonds. The van der Waals surface area contributed by atoms with Crippen LogP contribution in [-0.4, -0.2) is 17.8 Å². The van der Waals surface area contributed by atoms with Crippen molar-refractivity contribution in [2.45, 2.75) is 13.2 Å². The van der Waals surface area contributed by atoms with Crippen molar-refractivity contribution in [3.8, 4) is 11.5 Å². The molecule has 43 heavy (non-hydrogen) atoms. The zero-order valence-corrected chi connectivity index (χ0v) is 23.6. The van der Waals surface area contributed by atoms with E-state index in [9.17, 15) is 14.4 Å². The van der Waals surface area contributed by atoms with Crippen LogP contribution in [-0.2, 0) is 22.8 Å². The van der Waals surface area contributed by atoms with E-state index in [4.69, 9.17) is 21.1 Å². The normalized spacial score (nSPS) is 14.2. The van der Waals surface area contributed by atoms with Crippen molar-refractivity contribution in [1.29, 1.82) is 0 Å². The number of halogens is 1. The van der Waals surface area contributed by atoms with Crippen LogP contribution in [0.3, 0.4) is 0 Å². The highest BCUT2D eigenvalue weighted by Gasteiger charge is 2.37. The van der Waals surface area contributed by atoms with Crippen LogP contribution < -0.4 is 19.7 Å². The van der Waals surface area contributed by atoms with Crippen LogP contribution >= 0.6 is 11.6 Å². The first-order chi connectivity index (χ1) is 21.0. The predicted molar refractivity (Wildman–Crippen MR) is 166 cm³/mol. The molecule has 5 aromatic rings. The Labute approximate surface area is 252 Å². The topological polar surface area (TPSA) is 84.9 Å². The third-order valence-electron chi connectivity index (χ3n) is 7.01. The number of benzene rings is 5. The smallest absolute Gasteiger partial charge is 0.335 e. The zero-order valence-electron chi connectivity index (χ0n) is 22.8. The number of carbonyl (C=O) groups excluding carboxylic acids is 3. The third-order valence-corrected chi connectivity index (χ3v) is 7.37. The van der Waals surface area contributed by atoms with E-state index < -0.39 is 17.8 Å². The molecule has 0 unspecified atom stereocenters. The molecular weight excluding hydrogens is 564 g/mol. The monoisotopic (exact) mass is 588 g/mol. The van der Waals surface area contributed by atoms with Crippen molar-refractivity contribution in [3.63, 3.8) is 0 Å². The molecule has 0 aromatic heterocycles. The van der Waals surface area contributed by atoms with Crippen molar-refractivity contribution in [3.05, 3.63) is 143 Å². The van der Waals surface area contributed by atoms with E-state index in [0.717, 1.165) is 26.8 Å². The lowest BCUT2D eigenvalue weighted by molar-refractivity contribution is -0.122. The van der Waals surface area contributed by atoms with Gasteiger partial charge in [0, 0.05) is 16.1 Å². The molecule has 7 nitrogen and oxygen atoms in total. The minimum Gasteiger partial charge on any atom is -0.489 e. The number of nitrogens with one attached hydrogen (secondary N) is 1. The maximum absolute atomic E-state index is 13.7. The quantitative estimate of drug-likeness (QED) is 0.152. The molecule has 6 rings (SSSR count). The first kappa shape index (κ1) is 27.8. The number of rotatable bonds is 8. The van der Waals surface area contributed by atoms with E-state index >= 15 is 0 Å². The molecule has 0 atom stereocenters. The Hall–Kier alpha value is -5.40. The fourth-order valence-corrected chi connectivity index (χ4v) is 4.98. The minimum atomic E-state index is -0.838. The van der Waals surface area contributed by atoms with Gasteiger partial charge in [0.2, 0.25) is 0 Å². The summed E-state index contributed by atoms with van der Waals surface area (Å²) in [4.78, 5) is 40.5. The highest BCUT2D eigenvalue weighted by Crippen LogP contribution is 2.33. The van der Waals surface area contributed by atoms with E-state index in [1.807, 2.05) is 84.9 Å². The van der Waals surface area contributed by atoms with Crippen molar-refractivity contribution in [2.75, 3.05) is 4.90 Å². The molecule has 8 heteroatoms. The van der Waals surface area contributed by atoms with E-state index in [0.29, 0.717) is 28.7 Å². The molecule has 1 fully saturated rings. The Balaban J connectivity index is 1.29. The fourth-order valence-electron chi connectivity index (χ4n) is 4.79. The molecule has 0 aliphatic carbocycles. The van der Waals surface area contributed by atoms with Gasteiger partial charge in [-0.25, -0.2) is 9.69 Å².